The molecule has 2 rings (SSSR count). The van der Waals surface area contributed by atoms with Crippen LogP contribution in [0, 0.1) is 0 Å². The lowest BCUT2D eigenvalue weighted by Gasteiger charge is -2.12. The van der Waals surface area contributed by atoms with Gasteiger partial charge in [-0.25, -0.2) is 9.78 Å². The highest BCUT2D eigenvalue weighted by Crippen LogP contribution is 2.22. The molecule has 5 nitrogen and oxygen atoms in total. The number of aryl methyl sites for hydroxylation is 1. The largest absolute Gasteiger partial charge is 0.480 e. The van der Waals surface area contributed by atoms with E-state index >= 15 is 0 Å². The molecule has 0 radical (unpaired) electrons. The van der Waals surface area contributed by atoms with Crippen LogP contribution in [-0.2, 0) is 16.0 Å². The van der Waals surface area contributed by atoms with Gasteiger partial charge in [-0.15, -0.1) is 11.3 Å². The molecule has 1 aromatic carbocycles. The third-order valence-corrected chi connectivity index (χ3v) is 4.47. The van der Waals surface area contributed by atoms with Gasteiger partial charge < -0.3 is 10.4 Å². The Labute approximate surface area is 139 Å². The van der Waals surface area contributed by atoms with Gasteiger partial charge in [-0.05, 0) is 38.3 Å². The first-order chi connectivity index (χ1) is 11.1. The Hall–Kier alpha value is -2.21. The normalized spacial score (nSPS) is 12.6. The Bertz CT molecular complexity index is 676. The van der Waals surface area contributed by atoms with E-state index in [-0.39, 0.29) is 5.91 Å². The highest BCUT2D eigenvalue weighted by Gasteiger charge is 2.18. The summed E-state index contributed by atoms with van der Waals surface area (Å²) in [6.07, 6.45) is 5.49. The molecule has 1 aromatic heterocycles. The minimum atomic E-state index is -1.01. The summed E-state index contributed by atoms with van der Waals surface area (Å²) >= 11 is 1.63. The Kier molecular flexibility index (Phi) is 6.29. The van der Waals surface area contributed by atoms with Gasteiger partial charge in [-0.3, -0.25) is 4.79 Å². The molecule has 0 saturated heterocycles. The standard InChI is InChI=1S/C17H20N2O3S/c1-2-3-7-13(17(21)22)18-15(20)10-6-11-16-19-12-8-4-5-9-14(12)23-16/h2-5,8-9,13H,6-7,10-11H2,1H3,(H,18,20)(H,21,22)/b3-2+. The average molecular weight is 332 g/mol. The number of benzene rings is 1. The SMILES string of the molecule is C/C=C/CC(NC(=O)CCCc1nc2ccccc2s1)C(=O)O. The smallest absolute Gasteiger partial charge is 0.326 e. The zero-order valence-electron chi connectivity index (χ0n) is 13.0. The average Bonchev–Trinajstić information content (AvgIpc) is 2.93. The van der Waals surface area contributed by atoms with Crippen LogP contribution in [0.4, 0.5) is 0 Å². The maximum atomic E-state index is 11.9. The number of carbonyl (C=O) groups excluding carboxylic acids is 1. The van der Waals surface area contributed by atoms with Crippen LogP contribution < -0.4 is 5.32 Å². The molecule has 0 spiro atoms. The lowest BCUT2D eigenvalue weighted by molar-refractivity contribution is -0.141. The molecule has 6 heteroatoms. The van der Waals surface area contributed by atoms with Crippen molar-refractivity contribution in [3.8, 4) is 0 Å². The number of carboxylic acids is 1. The molecule has 0 aliphatic heterocycles. The van der Waals surface area contributed by atoms with E-state index in [0.717, 1.165) is 21.6 Å². The number of amides is 1. The van der Waals surface area contributed by atoms with Crippen molar-refractivity contribution in [2.24, 2.45) is 0 Å². The fourth-order valence-corrected chi connectivity index (χ4v) is 3.20. The second kappa shape index (κ2) is 8.43. The lowest BCUT2D eigenvalue weighted by atomic mass is 10.1. The first-order valence-electron chi connectivity index (χ1n) is 7.58. The van der Waals surface area contributed by atoms with E-state index in [1.54, 1.807) is 23.5 Å². The van der Waals surface area contributed by atoms with Crippen molar-refractivity contribution < 1.29 is 14.7 Å². The number of nitrogens with one attached hydrogen (secondary N) is 1. The van der Waals surface area contributed by atoms with E-state index in [4.69, 9.17) is 5.11 Å². The van der Waals surface area contributed by atoms with E-state index in [9.17, 15) is 9.59 Å². The van der Waals surface area contributed by atoms with Gasteiger partial charge >= 0.3 is 5.97 Å². The number of aliphatic carboxylic acids is 1. The molecule has 0 aliphatic carbocycles. The van der Waals surface area contributed by atoms with Crippen LogP contribution in [0.5, 0.6) is 0 Å². The van der Waals surface area contributed by atoms with E-state index in [1.807, 2.05) is 31.2 Å². The fourth-order valence-electron chi connectivity index (χ4n) is 2.19. The summed E-state index contributed by atoms with van der Waals surface area (Å²) in [7, 11) is 0. The predicted octanol–water partition coefficient (Wildman–Crippen LogP) is 3.15. The molecule has 0 bridgehead atoms. The van der Waals surface area contributed by atoms with Gasteiger partial charge in [0, 0.05) is 6.42 Å². The number of carbonyl (C=O) groups is 2. The van der Waals surface area contributed by atoms with Crippen LogP contribution in [0.3, 0.4) is 0 Å². The molecule has 1 heterocycles. The van der Waals surface area contributed by atoms with Gasteiger partial charge in [-0.2, -0.15) is 0 Å². The van der Waals surface area contributed by atoms with E-state index < -0.39 is 12.0 Å². The summed E-state index contributed by atoms with van der Waals surface area (Å²) in [5, 5.41) is 12.6. The van der Waals surface area contributed by atoms with Gasteiger partial charge in [0.2, 0.25) is 5.91 Å². The highest BCUT2D eigenvalue weighted by atomic mass is 32.1. The molecule has 23 heavy (non-hydrogen) atoms. The second-order valence-corrected chi connectivity index (χ2v) is 6.31. The van der Waals surface area contributed by atoms with Crippen molar-refractivity contribution in [2.45, 2.75) is 38.6 Å². The summed E-state index contributed by atoms with van der Waals surface area (Å²) in [6.45, 7) is 1.82. The Balaban J connectivity index is 1.80. The van der Waals surface area contributed by atoms with Crippen LogP contribution >= 0.6 is 11.3 Å². The van der Waals surface area contributed by atoms with E-state index in [0.29, 0.717) is 19.3 Å². The summed E-state index contributed by atoms with van der Waals surface area (Å²) in [6, 6.07) is 7.08. The maximum absolute atomic E-state index is 11.9. The minimum Gasteiger partial charge on any atom is -0.480 e. The minimum absolute atomic E-state index is 0.233. The van der Waals surface area contributed by atoms with Crippen molar-refractivity contribution in [1.82, 2.24) is 10.3 Å². The van der Waals surface area contributed by atoms with Crippen molar-refractivity contribution in [3.05, 3.63) is 41.4 Å². The molecule has 0 fully saturated rings. The van der Waals surface area contributed by atoms with Gasteiger partial charge in [0.1, 0.15) is 6.04 Å². The molecule has 0 aliphatic rings. The quantitative estimate of drug-likeness (QED) is 0.728. The number of nitrogens with zero attached hydrogens (tertiary/aromatic N) is 1. The Morgan fingerprint density at radius 3 is 2.87 bits per heavy atom. The van der Waals surface area contributed by atoms with Crippen LogP contribution in [0.1, 0.15) is 31.2 Å². The Morgan fingerprint density at radius 2 is 2.17 bits per heavy atom. The number of hydrogen-bond donors (Lipinski definition) is 2. The molecular formula is C17H20N2O3S. The third-order valence-electron chi connectivity index (χ3n) is 3.37. The van der Waals surface area contributed by atoms with Gasteiger partial charge in [-0.1, -0.05) is 24.3 Å². The summed E-state index contributed by atoms with van der Waals surface area (Å²) in [5.74, 6) is -1.24. The number of thiazole rings is 1. The van der Waals surface area contributed by atoms with Crippen molar-refractivity contribution in [1.29, 1.82) is 0 Å². The Morgan fingerprint density at radius 1 is 1.39 bits per heavy atom. The molecule has 2 N–H and O–H groups in total. The maximum Gasteiger partial charge on any atom is 0.326 e. The number of fused-ring (bicyclic) bond motifs is 1. The fraction of sp³-hybridized carbons (Fsp3) is 0.353. The van der Waals surface area contributed by atoms with Crippen molar-refractivity contribution in [3.63, 3.8) is 0 Å². The zero-order chi connectivity index (χ0) is 16.7. The first-order valence-corrected chi connectivity index (χ1v) is 8.39. The number of hydrogen-bond acceptors (Lipinski definition) is 4. The molecule has 1 atom stereocenters. The van der Waals surface area contributed by atoms with Crippen molar-refractivity contribution >= 4 is 33.4 Å². The van der Waals surface area contributed by atoms with Gasteiger partial charge in [0.05, 0.1) is 15.2 Å². The molecule has 0 saturated carbocycles. The third kappa shape index (κ3) is 5.17. The van der Waals surface area contributed by atoms with Crippen LogP contribution in [-0.4, -0.2) is 28.0 Å². The number of carboxylic acid groups (broad SMARTS) is 1. The molecule has 2 aromatic rings. The summed E-state index contributed by atoms with van der Waals surface area (Å²) in [4.78, 5) is 27.5. The summed E-state index contributed by atoms with van der Waals surface area (Å²) in [5.41, 5.74) is 0.981. The highest BCUT2D eigenvalue weighted by molar-refractivity contribution is 7.18. The zero-order valence-corrected chi connectivity index (χ0v) is 13.8. The predicted molar refractivity (Wildman–Crippen MR) is 91.6 cm³/mol. The van der Waals surface area contributed by atoms with E-state index in [2.05, 4.69) is 10.3 Å². The number of para-hydroxylation sites is 1. The first kappa shape index (κ1) is 17.1. The van der Waals surface area contributed by atoms with Crippen LogP contribution in [0.15, 0.2) is 36.4 Å². The number of rotatable bonds is 8. The number of allylic oxidation sites excluding steroid dienone is 1. The van der Waals surface area contributed by atoms with Crippen LogP contribution in [0.25, 0.3) is 10.2 Å². The molecule has 1 unspecified atom stereocenters. The number of aromatic nitrogens is 1. The molecule has 1 amide bonds. The molecular weight excluding hydrogens is 312 g/mol. The van der Waals surface area contributed by atoms with Gasteiger partial charge in [0.25, 0.3) is 0 Å². The second-order valence-electron chi connectivity index (χ2n) is 5.19. The van der Waals surface area contributed by atoms with Crippen molar-refractivity contribution in [2.75, 3.05) is 0 Å². The van der Waals surface area contributed by atoms with Gasteiger partial charge in [0.15, 0.2) is 0 Å². The van der Waals surface area contributed by atoms with Crippen LogP contribution in [0.2, 0.25) is 0 Å². The monoisotopic (exact) mass is 332 g/mol. The van der Waals surface area contributed by atoms with E-state index in [1.165, 1.54) is 0 Å². The summed E-state index contributed by atoms with van der Waals surface area (Å²) < 4.78 is 1.14. The lowest BCUT2D eigenvalue weighted by Crippen LogP contribution is -2.40. The molecule has 122 valence electrons. The topological polar surface area (TPSA) is 79.3 Å².